The Kier molecular flexibility index (Phi) is 8.52. The lowest BCUT2D eigenvalue weighted by Crippen LogP contribution is -2.38. The third-order valence-corrected chi connectivity index (χ3v) is 4.19. The molecule has 0 radical (unpaired) electrons. The lowest BCUT2D eigenvalue weighted by atomic mass is 10.1. The van der Waals surface area contributed by atoms with Crippen LogP contribution in [-0.4, -0.2) is 39.8 Å². The number of nitrogens with zero attached hydrogens (tertiary/aromatic N) is 1. The maximum atomic E-state index is 13.7. The molecule has 0 unspecified atom stereocenters. The first-order valence-corrected chi connectivity index (χ1v) is 9.25. The van der Waals surface area contributed by atoms with Gasteiger partial charge in [0, 0.05) is 25.2 Å². The zero-order valence-electron chi connectivity index (χ0n) is 16.5. The Bertz CT molecular complexity index is 777. The average molecular weight is 391 g/mol. The normalized spacial score (nSPS) is 11.2. The van der Waals surface area contributed by atoms with Crippen molar-refractivity contribution >= 4 is 5.96 Å². The quantitative estimate of drug-likeness (QED) is 0.509. The zero-order chi connectivity index (χ0) is 20.4. The van der Waals surface area contributed by atoms with Gasteiger partial charge in [-0.15, -0.1) is 0 Å². The van der Waals surface area contributed by atoms with E-state index in [1.54, 1.807) is 14.2 Å². The van der Waals surface area contributed by atoms with Crippen molar-refractivity contribution in [1.29, 1.82) is 0 Å². The molecule has 0 spiro atoms. The highest BCUT2D eigenvalue weighted by molar-refractivity contribution is 5.79. The first-order chi connectivity index (χ1) is 13.6. The molecule has 152 valence electrons. The van der Waals surface area contributed by atoms with Crippen molar-refractivity contribution in [3.8, 4) is 11.5 Å². The van der Waals surface area contributed by atoms with Crippen molar-refractivity contribution in [3.63, 3.8) is 0 Å². The molecule has 0 amide bonds. The van der Waals surface area contributed by atoms with Crippen molar-refractivity contribution in [2.45, 2.75) is 19.8 Å². The van der Waals surface area contributed by atoms with Crippen LogP contribution in [-0.2, 0) is 12.8 Å². The van der Waals surface area contributed by atoms with Crippen molar-refractivity contribution in [3.05, 3.63) is 59.2 Å². The fraction of sp³-hybridized carbons (Fsp3) is 0.381. The molecular formula is C21H27F2N3O2. The maximum absolute atomic E-state index is 13.7. The van der Waals surface area contributed by atoms with Crippen LogP contribution in [0.1, 0.15) is 18.1 Å². The Balaban J connectivity index is 1.91. The third kappa shape index (κ3) is 6.11. The second-order valence-electron chi connectivity index (χ2n) is 6.08. The summed E-state index contributed by atoms with van der Waals surface area (Å²) in [6.45, 7) is 3.58. The van der Waals surface area contributed by atoms with Gasteiger partial charge in [-0.25, -0.2) is 8.78 Å². The molecule has 0 saturated carbocycles. The molecule has 0 aliphatic rings. The van der Waals surface area contributed by atoms with Crippen LogP contribution in [0.25, 0.3) is 0 Å². The van der Waals surface area contributed by atoms with Crippen molar-refractivity contribution in [1.82, 2.24) is 10.6 Å². The molecule has 2 N–H and O–H groups in total. The van der Waals surface area contributed by atoms with Gasteiger partial charge in [0.2, 0.25) is 0 Å². The van der Waals surface area contributed by atoms with Crippen molar-refractivity contribution < 1.29 is 18.3 Å². The van der Waals surface area contributed by atoms with Gasteiger partial charge in [0.15, 0.2) is 17.5 Å². The molecule has 0 aromatic heterocycles. The Morgan fingerprint density at radius 2 is 1.68 bits per heavy atom. The molecule has 7 heteroatoms. The molecule has 0 aliphatic heterocycles. The van der Waals surface area contributed by atoms with Crippen molar-refractivity contribution in [2.75, 3.05) is 33.9 Å². The number of hydrogen-bond donors (Lipinski definition) is 2. The molecule has 0 bridgehead atoms. The summed E-state index contributed by atoms with van der Waals surface area (Å²) in [4.78, 5) is 4.40. The number of methoxy groups -OCH3 is 2. The first-order valence-electron chi connectivity index (χ1n) is 9.25. The van der Waals surface area contributed by atoms with E-state index in [1.807, 2.05) is 25.1 Å². The fourth-order valence-electron chi connectivity index (χ4n) is 2.75. The summed E-state index contributed by atoms with van der Waals surface area (Å²) >= 11 is 0. The van der Waals surface area contributed by atoms with Crippen LogP contribution >= 0.6 is 0 Å². The van der Waals surface area contributed by atoms with E-state index in [0.29, 0.717) is 30.5 Å². The van der Waals surface area contributed by atoms with E-state index in [-0.39, 0.29) is 18.5 Å². The van der Waals surface area contributed by atoms with Crippen LogP contribution in [0.3, 0.4) is 0 Å². The SMILES string of the molecule is CCNC(=NCCc1c(F)cccc1F)NCCc1ccc(OC)c(OC)c1. The van der Waals surface area contributed by atoms with E-state index in [0.717, 1.165) is 12.0 Å². The number of aliphatic imine (C=N–C) groups is 1. The highest BCUT2D eigenvalue weighted by atomic mass is 19.1. The monoisotopic (exact) mass is 391 g/mol. The number of benzene rings is 2. The average Bonchev–Trinajstić information content (AvgIpc) is 2.70. The molecule has 0 aliphatic carbocycles. The summed E-state index contributed by atoms with van der Waals surface area (Å²) in [6, 6.07) is 9.66. The van der Waals surface area contributed by atoms with Gasteiger partial charge in [-0.2, -0.15) is 0 Å². The van der Waals surface area contributed by atoms with Crippen LogP contribution in [0.15, 0.2) is 41.4 Å². The summed E-state index contributed by atoms with van der Waals surface area (Å²) in [5.74, 6) is 0.907. The second-order valence-corrected chi connectivity index (χ2v) is 6.08. The number of nitrogens with one attached hydrogen (secondary N) is 2. The smallest absolute Gasteiger partial charge is 0.191 e. The molecule has 2 aromatic rings. The maximum Gasteiger partial charge on any atom is 0.191 e. The van der Waals surface area contributed by atoms with Gasteiger partial charge in [0.1, 0.15) is 11.6 Å². The van der Waals surface area contributed by atoms with E-state index in [1.165, 1.54) is 18.2 Å². The molecule has 2 rings (SSSR count). The van der Waals surface area contributed by atoms with E-state index in [4.69, 9.17) is 9.47 Å². The van der Waals surface area contributed by atoms with Gasteiger partial charge in [0.05, 0.1) is 14.2 Å². The van der Waals surface area contributed by atoms with Gasteiger partial charge < -0.3 is 20.1 Å². The second kappa shape index (κ2) is 11.1. The summed E-state index contributed by atoms with van der Waals surface area (Å²) in [5, 5.41) is 6.36. The Morgan fingerprint density at radius 3 is 2.32 bits per heavy atom. The van der Waals surface area contributed by atoms with Gasteiger partial charge in [-0.1, -0.05) is 12.1 Å². The molecular weight excluding hydrogens is 364 g/mol. The minimum atomic E-state index is -0.540. The van der Waals surface area contributed by atoms with E-state index in [2.05, 4.69) is 15.6 Å². The number of hydrogen-bond acceptors (Lipinski definition) is 3. The van der Waals surface area contributed by atoms with Gasteiger partial charge in [0.25, 0.3) is 0 Å². The summed E-state index contributed by atoms with van der Waals surface area (Å²) in [6.07, 6.45) is 0.956. The number of guanidine groups is 1. The molecule has 0 saturated heterocycles. The summed E-state index contributed by atoms with van der Waals surface area (Å²) < 4.78 is 37.9. The predicted molar refractivity (Wildman–Crippen MR) is 107 cm³/mol. The highest BCUT2D eigenvalue weighted by Gasteiger charge is 2.08. The minimum Gasteiger partial charge on any atom is -0.493 e. The standard InChI is InChI=1S/C21H27F2N3O2/c1-4-24-21(26-13-11-16-17(22)6-5-7-18(16)23)25-12-10-15-8-9-19(27-2)20(14-15)28-3/h5-9,14H,4,10-13H2,1-3H3,(H2,24,25,26). The number of ether oxygens (including phenoxy) is 2. The van der Waals surface area contributed by atoms with E-state index in [9.17, 15) is 8.78 Å². The molecule has 2 aromatic carbocycles. The van der Waals surface area contributed by atoms with Gasteiger partial charge >= 0.3 is 0 Å². The number of rotatable bonds is 9. The van der Waals surface area contributed by atoms with Crippen molar-refractivity contribution in [2.24, 2.45) is 4.99 Å². The van der Waals surface area contributed by atoms with Crippen LogP contribution in [0.5, 0.6) is 11.5 Å². The lowest BCUT2D eigenvalue weighted by molar-refractivity contribution is 0.354. The van der Waals surface area contributed by atoms with Crippen LogP contribution in [0.4, 0.5) is 8.78 Å². The number of halogens is 2. The largest absolute Gasteiger partial charge is 0.493 e. The highest BCUT2D eigenvalue weighted by Crippen LogP contribution is 2.27. The fourth-order valence-corrected chi connectivity index (χ4v) is 2.75. The summed E-state index contributed by atoms with van der Waals surface area (Å²) in [7, 11) is 3.21. The lowest BCUT2D eigenvalue weighted by Gasteiger charge is -2.13. The zero-order valence-corrected chi connectivity index (χ0v) is 16.5. The summed E-state index contributed by atoms with van der Waals surface area (Å²) in [5.41, 5.74) is 1.15. The van der Waals surface area contributed by atoms with Gasteiger partial charge in [-0.05, 0) is 49.6 Å². The molecule has 28 heavy (non-hydrogen) atoms. The minimum absolute atomic E-state index is 0.0624. The molecule has 0 fully saturated rings. The Labute approximate surface area is 164 Å². The van der Waals surface area contributed by atoms with Gasteiger partial charge in [-0.3, -0.25) is 4.99 Å². The van der Waals surface area contributed by atoms with E-state index >= 15 is 0 Å². The topological polar surface area (TPSA) is 54.9 Å². The van der Waals surface area contributed by atoms with E-state index < -0.39 is 11.6 Å². The molecule has 5 nitrogen and oxygen atoms in total. The first kappa shape index (κ1) is 21.5. The van der Waals surface area contributed by atoms with Crippen LogP contribution in [0, 0.1) is 11.6 Å². The third-order valence-electron chi connectivity index (χ3n) is 4.19. The molecule has 0 atom stereocenters. The van der Waals surface area contributed by atoms with Crippen LogP contribution < -0.4 is 20.1 Å². The Hall–Kier alpha value is -2.83. The predicted octanol–water partition coefficient (Wildman–Crippen LogP) is 3.32. The van der Waals surface area contributed by atoms with Crippen LogP contribution in [0.2, 0.25) is 0 Å². The Morgan fingerprint density at radius 1 is 0.964 bits per heavy atom. The molecule has 0 heterocycles.